The molecule has 3 rings (SSSR count). The van der Waals surface area contributed by atoms with E-state index in [2.05, 4.69) is 0 Å². The Kier molecular flexibility index (Phi) is 3.86. The van der Waals surface area contributed by atoms with Gasteiger partial charge in [-0.2, -0.15) is 0 Å². The molecule has 0 amide bonds. The Bertz CT molecular complexity index is 539. The van der Waals surface area contributed by atoms with Gasteiger partial charge in [0.2, 0.25) is 13.3 Å². The van der Waals surface area contributed by atoms with E-state index in [0.717, 1.165) is 25.7 Å². The first-order chi connectivity index (χ1) is 10.1. The summed E-state index contributed by atoms with van der Waals surface area (Å²) in [5.74, 6) is 1.11. The lowest BCUT2D eigenvalue weighted by atomic mass is 9.76. The predicted molar refractivity (Wildman–Crippen MR) is 75.4 cm³/mol. The van der Waals surface area contributed by atoms with Gasteiger partial charge in [-0.15, -0.1) is 0 Å². The number of phenolic OH excluding ortho intramolecular Hbond substituents is 1. The third-order valence-corrected chi connectivity index (χ3v) is 4.49. The number of phenols is 1. The van der Waals surface area contributed by atoms with E-state index in [1.165, 1.54) is 12.5 Å². The number of hydrogen-bond acceptors (Lipinski definition) is 5. The second kappa shape index (κ2) is 5.79. The lowest BCUT2D eigenvalue weighted by Gasteiger charge is -2.28. The van der Waals surface area contributed by atoms with Crippen LogP contribution in [0.5, 0.6) is 17.2 Å². The first-order valence-electron chi connectivity index (χ1n) is 7.39. The van der Waals surface area contributed by atoms with Gasteiger partial charge in [0, 0.05) is 16.6 Å². The largest absolute Gasteiger partial charge is 0.508 e. The lowest BCUT2D eigenvalue weighted by Crippen LogP contribution is -2.23. The molecule has 1 saturated carbocycles. The van der Waals surface area contributed by atoms with Gasteiger partial charge in [0.15, 0.2) is 11.5 Å². The Balaban J connectivity index is 1.93. The van der Waals surface area contributed by atoms with Crippen LogP contribution >= 0.6 is 0 Å². The van der Waals surface area contributed by atoms with Crippen LogP contribution in [0.3, 0.4) is 0 Å². The van der Waals surface area contributed by atoms with Crippen LogP contribution in [0.1, 0.15) is 43.6 Å². The molecule has 6 heteroatoms. The SMILES string of the molecule is O=[N+]([O-])C[C@H](c1cc2c(cc1O)OCO2)C1CCCCC1. The Labute approximate surface area is 122 Å². The van der Waals surface area contributed by atoms with Gasteiger partial charge < -0.3 is 14.6 Å². The number of rotatable bonds is 4. The average molecular weight is 293 g/mol. The molecule has 1 atom stereocenters. The third kappa shape index (κ3) is 2.89. The van der Waals surface area contributed by atoms with Crippen molar-refractivity contribution in [3.63, 3.8) is 0 Å². The minimum atomic E-state index is -0.288. The maximum absolute atomic E-state index is 11.0. The molecule has 0 unspecified atom stereocenters. The Morgan fingerprint density at radius 3 is 2.57 bits per heavy atom. The van der Waals surface area contributed by atoms with Crippen LogP contribution < -0.4 is 9.47 Å². The number of benzene rings is 1. The van der Waals surface area contributed by atoms with Crippen LogP contribution in [0.4, 0.5) is 0 Å². The predicted octanol–water partition coefficient (Wildman–Crippen LogP) is 3.06. The molecule has 1 N–H and O–H groups in total. The first-order valence-corrected chi connectivity index (χ1v) is 7.39. The van der Waals surface area contributed by atoms with Gasteiger partial charge in [-0.05, 0) is 24.8 Å². The highest BCUT2D eigenvalue weighted by atomic mass is 16.7. The van der Waals surface area contributed by atoms with Gasteiger partial charge in [0.1, 0.15) is 5.75 Å². The summed E-state index contributed by atoms with van der Waals surface area (Å²) in [6.45, 7) is -0.0283. The zero-order valence-corrected chi connectivity index (χ0v) is 11.8. The molecule has 6 nitrogen and oxygen atoms in total. The van der Waals surface area contributed by atoms with Crippen molar-refractivity contribution < 1.29 is 19.5 Å². The summed E-state index contributed by atoms with van der Waals surface area (Å²) < 4.78 is 10.6. The number of hydrogen-bond donors (Lipinski definition) is 1. The van der Waals surface area contributed by atoms with Gasteiger partial charge in [0.25, 0.3) is 0 Å². The number of nitrogens with zero attached hydrogens (tertiary/aromatic N) is 1. The van der Waals surface area contributed by atoms with E-state index in [1.54, 1.807) is 6.07 Å². The van der Waals surface area contributed by atoms with Crippen molar-refractivity contribution in [2.24, 2.45) is 5.92 Å². The third-order valence-electron chi connectivity index (χ3n) is 4.49. The van der Waals surface area contributed by atoms with Gasteiger partial charge in [-0.3, -0.25) is 10.1 Å². The number of fused-ring (bicyclic) bond motifs is 1. The molecule has 1 aliphatic carbocycles. The summed E-state index contributed by atoms with van der Waals surface area (Å²) in [7, 11) is 0. The fourth-order valence-corrected chi connectivity index (χ4v) is 3.44. The van der Waals surface area contributed by atoms with Crippen LogP contribution in [-0.2, 0) is 0 Å². The standard InChI is InChI=1S/C15H19NO5/c17-13-7-15-14(20-9-21-15)6-11(13)12(8-16(18)19)10-4-2-1-3-5-10/h6-7,10,12,17H,1-5,8-9H2/t12-/m0/s1. The molecular formula is C15H19NO5. The van der Waals surface area contributed by atoms with Crippen LogP contribution in [0, 0.1) is 16.0 Å². The lowest BCUT2D eigenvalue weighted by molar-refractivity contribution is -0.485. The molecule has 1 aromatic carbocycles. The van der Waals surface area contributed by atoms with Crippen molar-refractivity contribution in [3.8, 4) is 17.2 Å². The fourth-order valence-electron chi connectivity index (χ4n) is 3.44. The smallest absolute Gasteiger partial charge is 0.231 e. The molecule has 2 aliphatic rings. The summed E-state index contributed by atoms with van der Waals surface area (Å²) in [6, 6.07) is 3.22. The van der Waals surface area contributed by atoms with Gasteiger partial charge in [-0.25, -0.2) is 0 Å². The zero-order valence-electron chi connectivity index (χ0n) is 11.8. The number of nitro groups is 1. The molecule has 1 heterocycles. The minimum absolute atomic E-state index is 0.0664. The Morgan fingerprint density at radius 2 is 1.90 bits per heavy atom. The van der Waals surface area contributed by atoms with E-state index in [4.69, 9.17) is 9.47 Å². The molecule has 1 aliphatic heterocycles. The molecule has 1 aromatic rings. The second-order valence-corrected chi connectivity index (χ2v) is 5.78. The van der Waals surface area contributed by atoms with E-state index in [1.807, 2.05) is 0 Å². The van der Waals surface area contributed by atoms with Crippen molar-refractivity contribution >= 4 is 0 Å². The number of aromatic hydroxyl groups is 1. The molecule has 0 aromatic heterocycles. The maximum atomic E-state index is 11.0. The highest BCUT2D eigenvalue weighted by Gasteiger charge is 2.32. The molecule has 114 valence electrons. The molecule has 21 heavy (non-hydrogen) atoms. The first kappa shape index (κ1) is 14.0. The van der Waals surface area contributed by atoms with E-state index in [9.17, 15) is 15.2 Å². The van der Waals surface area contributed by atoms with Crippen molar-refractivity contribution in [1.29, 1.82) is 0 Å². The van der Waals surface area contributed by atoms with Gasteiger partial charge >= 0.3 is 0 Å². The second-order valence-electron chi connectivity index (χ2n) is 5.78. The van der Waals surface area contributed by atoms with Crippen molar-refractivity contribution in [2.75, 3.05) is 13.3 Å². The summed E-state index contributed by atoms with van der Waals surface area (Å²) in [4.78, 5) is 10.8. The van der Waals surface area contributed by atoms with Gasteiger partial charge in [-0.1, -0.05) is 19.3 Å². The topological polar surface area (TPSA) is 81.8 Å². The van der Waals surface area contributed by atoms with E-state index in [0.29, 0.717) is 17.1 Å². The normalized spacial score (nSPS) is 19.4. The van der Waals surface area contributed by atoms with Crippen LogP contribution in [0.25, 0.3) is 0 Å². The summed E-state index contributed by atoms with van der Waals surface area (Å²) in [5.41, 5.74) is 0.614. The molecule has 1 fully saturated rings. The minimum Gasteiger partial charge on any atom is -0.508 e. The van der Waals surface area contributed by atoms with E-state index in [-0.39, 0.29) is 35.8 Å². The summed E-state index contributed by atoms with van der Waals surface area (Å²) in [5, 5.41) is 21.3. The number of ether oxygens (including phenoxy) is 2. The molecule has 0 saturated heterocycles. The van der Waals surface area contributed by atoms with Crippen LogP contribution in [0.2, 0.25) is 0 Å². The van der Waals surface area contributed by atoms with Crippen molar-refractivity contribution in [1.82, 2.24) is 0 Å². The summed E-state index contributed by atoms with van der Waals surface area (Å²) in [6.07, 6.45) is 5.35. The van der Waals surface area contributed by atoms with Gasteiger partial charge in [0.05, 0.1) is 5.92 Å². The van der Waals surface area contributed by atoms with Crippen LogP contribution in [-0.4, -0.2) is 23.4 Å². The highest BCUT2D eigenvalue weighted by Crippen LogP contribution is 2.44. The molecule has 0 bridgehead atoms. The molecule has 0 spiro atoms. The van der Waals surface area contributed by atoms with Crippen molar-refractivity contribution in [3.05, 3.63) is 27.8 Å². The van der Waals surface area contributed by atoms with E-state index >= 15 is 0 Å². The zero-order chi connectivity index (χ0) is 14.8. The highest BCUT2D eigenvalue weighted by molar-refractivity contribution is 5.52. The Hall–Kier alpha value is -1.98. The monoisotopic (exact) mass is 293 g/mol. The average Bonchev–Trinajstić information content (AvgIpc) is 2.92. The fraction of sp³-hybridized carbons (Fsp3) is 0.600. The molecular weight excluding hydrogens is 274 g/mol. The quantitative estimate of drug-likeness (QED) is 0.681. The van der Waals surface area contributed by atoms with E-state index < -0.39 is 0 Å². The molecule has 0 radical (unpaired) electrons. The van der Waals surface area contributed by atoms with Crippen LogP contribution in [0.15, 0.2) is 12.1 Å². The Morgan fingerprint density at radius 1 is 1.24 bits per heavy atom. The van der Waals surface area contributed by atoms with Crippen molar-refractivity contribution in [2.45, 2.75) is 38.0 Å². The summed E-state index contributed by atoms with van der Waals surface area (Å²) >= 11 is 0. The maximum Gasteiger partial charge on any atom is 0.231 e.